The van der Waals surface area contributed by atoms with Gasteiger partial charge in [-0.3, -0.25) is 4.79 Å². The number of hydrogen-bond acceptors (Lipinski definition) is 7. The van der Waals surface area contributed by atoms with Crippen LogP contribution < -0.4 is 10.0 Å². The number of sulfonamides is 2. The van der Waals surface area contributed by atoms with Crippen LogP contribution in [0.15, 0.2) is 38.6 Å². The molecule has 1 aromatic carbocycles. The second kappa shape index (κ2) is 9.16. The van der Waals surface area contributed by atoms with Gasteiger partial charge in [-0.25, -0.2) is 21.6 Å². The van der Waals surface area contributed by atoms with Crippen molar-refractivity contribution in [2.75, 3.05) is 18.4 Å². The first kappa shape index (κ1) is 25.3. The van der Waals surface area contributed by atoms with Crippen molar-refractivity contribution in [3.8, 4) is 0 Å². The molecular weight excluding hydrogens is 468 g/mol. The van der Waals surface area contributed by atoms with Crippen molar-refractivity contribution in [1.82, 2.24) is 14.2 Å². The minimum absolute atomic E-state index is 0.0157. The number of aromatic nitrogens is 1. The summed E-state index contributed by atoms with van der Waals surface area (Å²) >= 11 is 0. The molecule has 33 heavy (non-hydrogen) atoms. The maximum absolute atomic E-state index is 13.1. The van der Waals surface area contributed by atoms with E-state index in [4.69, 9.17) is 4.52 Å². The number of hydrogen-bond donors (Lipinski definition) is 2. The maximum Gasteiger partial charge on any atom is 0.248 e. The number of benzene rings is 1. The summed E-state index contributed by atoms with van der Waals surface area (Å²) in [6, 6.07) is 5.96. The molecule has 1 aliphatic heterocycles. The molecule has 3 rings (SSSR count). The standard InChI is InChI=1S/C21H30N4O6S2/c1-14-19(15(2)31-23-14)33(29,30)25-11-7-8-16(13-25)20(26)22-17-9-6-10-18(12-17)32(27,28)24-21(3,4)5/h6,9-10,12,16,24H,7-8,11,13H2,1-5H3,(H,22,26). The molecule has 1 amide bonds. The van der Waals surface area contributed by atoms with Gasteiger partial charge in [0, 0.05) is 24.3 Å². The van der Waals surface area contributed by atoms with E-state index in [9.17, 15) is 21.6 Å². The van der Waals surface area contributed by atoms with Crippen molar-refractivity contribution in [2.45, 2.75) is 62.8 Å². The molecule has 10 nitrogen and oxygen atoms in total. The lowest BCUT2D eigenvalue weighted by atomic mass is 9.99. The number of rotatable bonds is 6. The van der Waals surface area contributed by atoms with Gasteiger partial charge in [0.15, 0.2) is 5.76 Å². The van der Waals surface area contributed by atoms with Crippen LogP contribution in [0.1, 0.15) is 45.1 Å². The summed E-state index contributed by atoms with van der Waals surface area (Å²) in [4.78, 5) is 13.0. The van der Waals surface area contributed by atoms with Gasteiger partial charge in [-0.1, -0.05) is 11.2 Å². The Morgan fingerprint density at radius 1 is 1.18 bits per heavy atom. The van der Waals surface area contributed by atoms with Crippen LogP contribution in [0.4, 0.5) is 5.69 Å². The van der Waals surface area contributed by atoms with Gasteiger partial charge in [0.1, 0.15) is 10.6 Å². The molecule has 1 unspecified atom stereocenters. The Labute approximate surface area is 194 Å². The van der Waals surface area contributed by atoms with Crippen LogP contribution in [0.3, 0.4) is 0 Å². The fourth-order valence-corrected chi connectivity index (χ4v) is 7.07. The Bertz CT molecular complexity index is 1230. The molecule has 1 atom stereocenters. The molecule has 2 aromatic rings. The van der Waals surface area contributed by atoms with Crippen molar-refractivity contribution >= 4 is 31.6 Å². The molecule has 0 radical (unpaired) electrons. The first-order valence-corrected chi connectivity index (χ1v) is 13.5. The van der Waals surface area contributed by atoms with Gasteiger partial charge < -0.3 is 9.84 Å². The SMILES string of the molecule is Cc1noc(C)c1S(=O)(=O)N1CCCC(C(=O)Nc2cccc(S(=O)(=O)NC(C)(C)C)c2)C1. The summed E-state index contributed by atoms with van der Waals surface area (Å²) in [5.74, 6) is -0.741. The van der Waals surface area contributed by atoms with Crippen molar-refractivity contribution in [1.29, 1.82) is 0 Å². The van der Waals surface area contributed by atoms with Gasteiger partial charge in [0.2, 0.25) is 26.0 Å². The third-order valence-corrected chi connectivity index (χ3v) is 9.04. The normalized spacial score (nSPS) is 18.3. The molecule has 1 aromatic heterocycles. The fourth-order valence-electron chi connectivity index (χ4n) is 3.79. The Balaban J connectivity index is 1.75. The predicted molar refractivity (Wildman–Crippen MR) is 123 cm³/mol. The maximum atomic E-state index is 13.1. The van der Waals surface area contributed by atoms with Gasteiger partial charge in [0.25, 0.3) is 0 Å². The largest absolute Gasteiger partial charge is 0.360 e. The Hall–Kier alpha value is -2.28. The fraction of sp³-hybridized carbons (Fsp3) is 0.524. The predicted octanol–water partition coefficient (Wildman–Crippen LogP) is 2.41. The van der Waals surface area contributed by atoms with Crippen LogP contribution >= 0.6 is 0 Å². The second-order valence-electron chi connectivity index (χ2n) is 9.23. The molecule has 0 bridgehead atoms. The molecule has 0 spiro atoms. The molecule has 2 N–H and O–H groups in total. The lowest BCUT2D eigenvalue weighted by Gasteiger charge is -2.31. The van der Waals surface area contributed by atoms with Crippen molar-refractivity contribution in [3.05, 3.63) is 35.7 Å². The van der Waals surface area contributed by atoms with E-state index < -0.39 is 31.5 Å². The second-order valence-corrected chi connectivity index (χ2v) is 12.8. The smallest absolute Gasteiger partial charge is 0.248 e. The quantitative estimate of drug-likeness (QED) is 0.623. The van der Waals surface area contributed by atoms with E-state index in [0.717, 1.165) is 0 Å². The molecule has 1 aliphatic rings. The Morgan fingerprint density at radius 2 is 1.88 bits per heavy atom. The molecule has 182 valence electrons. The summed E-state index contributed by atoms with van der Waals surface area (Å²) in [5, 5.41) is 6.46. The average Bonchev–Trinajstić information content (AvgIpc) is 3.05. The third kappa shape index (κ3) is 5.81. The van der Waals surface area contributed by atoms with E-state index in [2.05, 4.69) is 15.2 Å². The van der Waals surface area contributed by atoms with E-state index in [1.807, 2.05) is 0 Å². The number of aryl methyl sites for hydroxylation is 2. The van der Waals surface area contributed by atoms with Crippen LogP contribution in [-0.2, 0) is 24.8 Å². The molecule has 0 saturated carbocycles. The summed E-state index contributed by atoms with van der Waals surface area (Å²) < 4.78 is 60.3. The molecular formula is C21H30N4O6S2. The van der Waals surface area contributed by atoms with E-state index in [1.165, 1.54) is 23.4 Å². The summed E-state index contributed by atoms with van der Waals surface area (Å²) in [6.45, 7) is 8.62. The monoisotopic (exact) mass is 498 g/mol. The number of amides is 1. The lowest BCUT2D eigenvalue weighted by Crippen LogP contribution is -2.44. The van der Waals surface area contributed by atoms with Crippen LogP contribution in [0.25, 0.3) is 0 Å². The van der Waals surface area contributed by atoms with E-state index in [-0.39, 0.29) is 33.7 Å². The first-order valence-electron chi connectivity index (χ1n) is 10.6. The minimum atomic E-state index is -3.85. The van der Waals surface area contributed by atoms with Gasteiger partial charge >= 0.3 is 0 Å². The first-order chi connectivity index (χ1) is 15.2. The zero-order valence-electron chi connectivity index (χ0n) is 19.4. The van der Waals surface area contributed by atoms with Crippen molar-refractivity contribution in [3.63, 3.8) is 0 Å². The van der Waals surface area contributed by atoms with E-state index >= 15 is 0 Å². The highest BCUT2D eigenvalue weighted by molar-refractivity contribution is 7.89. The highest BCUT2D eigenvalue weighted by atomic mass is 32.2. The molecule has 12 heteroatoms. The zero-order valence-corrected chi connectivity index (χ0v) is 21.0. The average molecular weight is 499 g/mol. The van der Waals surface area contributed by atoms with Gasteiger partial charge in [-0.15, -0.1) is 0 Å². The van der Waals surface area contributed by atoms with Gasteiger partial charge in [-0.05, 0) is 65.7 Å². The number of carbonyl (C=O) groups is 1. The van der Waals surface area contributed by atoms with Gasteiger partial charge in [-0.2, -0.15) is 4.31 Å². The van der Waals surface area contributed by atoms with Crippen molar-refractivity contribution in [2.24, 2.45) is 5.92 Å². The third-order valence-electron chi connectivity index (χ3n) is 5.17. The van der Waals surface area contributed by atoms with Crippen LogP contribution in [-0.4, -0.2) is 50.8 Å². The summed E-state index contributed by atoms with van der Waals surface area (Å²) in [7, 11) is -7.62. The minimum Gasteiger partial charge on any atom is -0.360 e. The van der Waals surface area contributed by atoms with E-state index in [0.29, 0.717) is 25.1 Å². The topological polar surface area (TPSA) is 139 Å². The summed E-state index contributed by atoms with van der Waals surface area (Å²) in [5.41, 5.74) is -0.0560. The van der Waals surface area contributed by atoms with Crippen molar-refractivity contribution < 1.29 is 26.2 Å². The lowest BCUT2D eigenvalue weighted by molar-refractivity contribution is -0.120. The molecule has 1 fully saturated rings. The Kier molecular flexibility index (Phi) is 7.04. The molecule has 2 heterocycles. The highest BCUT2D eigenvalue weighted by Crippen LogP contribution is 2.28. The number of nitrogens with one attached hydrogen (secondary N) is 2. The summed E-state index contributed by atoms with van der Waals surface area (Å²) in [6.07, 6.45) is 1.04. The van der Waals surface area contributed by atoms with Crippen LogP contribution in [0, 0.1) is 19.8 Å². The molecule has 0 aliphatic carbocycles. The molecule has 1 saturated heterocycles. The van der Waals surface area contributed by atoms with Gasteiger partial charge in [0.05, 0.1) is 10.8 Å². The number of piperidine rings is 1. The number of nitrogens with zero attached hydrogens (tertiary/aromatic N) is 2. The zero-order chi connectivity index (χ0) is 24.6. The highest BCUT2D eigenvalue weighted by Gasteiger charge is 2.36. The number of anilines is 1. The van der Waals surface area contributed by atoms with E-state index in [1.54, 1.807) is 39.8 Å². The van der Waals surface area contributed by atoms with Crippen LogP contribution in [0.2, 0.25) is 0 Å². The Morgan fingerprint density at radius 3 is 2.48 bits per heavy atom. The van der Waals surface area contributed by atoms with Crippen LogP contribution in [0.5, 0.6) is 0 Å². The number of carbonyl (C=O) groups excluding carboxylic acids is 1.